The van der Waals surface area contributed by atoms with Crippen LogP contribution < -0.4 is 5.32 Å². The van der Waals surface area contributed by atoms with E-state index in [9.17, 15) is 9.59 Å². The SMILES string of the molecule is C=C=C(OC)C(=O)c1ccc(C(C)(C)NC(=O)C=C)cc1.[HH]. The fourth-order valence-electron chi connectivity index (χ4n) is 1.85. The Kier molecular flexibility index (Phi) is 5.28. The molecule has 4 heteroatoms. The van der Waals surface area contributed by atoms with Crippen LogP contribution in [-0.2, 0) is 15.1 Å². The van der Waals surface area contributed by atoms with Crippen molar-refractivity contribution in [2.24, 2.45) is 0 Å². The van der Waals surface area contributed by atoms with Crippen molar-refractivity contribution < 1.29 is 15.8 Å². The number of methoxy groups -OCH3 is 1. The average Bonchev–Trinajstić information content (AvgIpc) is 2.48. The molecule has 0 heterocycles. The normalized spacial score (nSPS) is 10.2. The van der Waals surface area contributed by atoms with Crippen molar-refractivity contribution in [3.8, 4) is 0 Å². The first-order valence-electron chi connectivity index (χ1n) is 6.39. The predicted octanol–water partition coefficient (Wildman–Crippen LogP) is 2.97. The maximum Gasteiger partial charge on any atom is 0.244 e. The van der Waals surface area contributed by atoms with Crippen molar-refractivity contribution in [3.05, 3.63) is 66.1 Å². The number of carbonyl (C=O) groups is 2. The molecule has 0 unspecified atom stereocenters. The molecule has 4 nitrogen and oxygen atoms in total. The number of amides is 1. The fourth-order valence-corrected chi connectivity index (χ4v) is 1.85. The van der Waals surface area contributed by atoms with Crippen LogP contribution in [0.5, 0.6) is 0 Å². The Hall–Kier alpha value is -2.58. The molecule has 0 aliphatic carbocycles. The molecule has 0 bridgehead atoms. The Labute approximate surface area is 126 Å². The van der Waals surface area contributed by atoms with E-state index in [-0.39, 0.29) is 18.9 Å². The number of rotatable bonds is 6. The predicted molar refractivity (Wildman–Crippen MR) is 83.9 cm³/mol. The van der Waals surface area contributed by atoms with Crippen molar-refractivity contribution in [3.63, 3.8) is 0 Å². The topological polar surface area (TPSA) is 55.4 Å². The van der Waals surface area contributed by atoms with Crippen LogP contribution in [0.15, 0.2) is 55.0 Å². The van der Waals surface area contributed by atoms with Crippen LogP contribution >= 0.6 is 0 Å². The summed E-state index contributed by atoms with van der Waals surface area (Å²) in [6.45, 7) is 10.6. The number of benzene rings is 1. The minimum Gasteiger partial charge on any atom is -0.486 e. The van der Waals surface area contributed by atoms with E-state index in [0.29, 0.717) is 5.56 Å². The first kappa shape index (κ1) is 16.5. The van der Waals surface area contributed by atoms with Gasteiger partial charge in [-0.2, -0.15) is 0 Å². The number of ketones is 1. The minimum absolute atomic E-state index is 0. The molecule has 1 aromatic carbocycles. The van der Waals surface area contributed by atoms with Crippen molar-refractivity contribution in [1.82, 2.24) is 5.32 Å². The summed E-state index contributed by atoms with van der Waals surface area (Å²) in [4.78, 5) is 23.5. The van der Waals surface area contributed by atoms with E-state index < -0.39 is 5.54 Å². The highest BCUT2D eigenvalue weighted by Gasteiger charge is 2.22. The molecule has 1 amide bonds. The summed E-state index contributed by atoms with van der Waals surface area (Å²) < 4.78 is 4.91. The van der Waals surface area contributed by atoms with Crippen molar-refractivity contribution in [2.75, 3.05) is 7.11 Å². The van der Waals surface area contributed by atoms with Gasteiger partial charge in [-0.05, 0) is 25.5 Å². The molecule has 0 saturated carbocycles. The van der Waals surface area contributed by atoms with Crippen LogP contribution in [0.4, 0.5) is 0 Å². The average molecular weight is 287 g/mol. The fraction of sp³-hybridized carbons (Fsp3) is 0.235. The van der Waals surface area contributed by atoms with Gasteiger partial charge in [0, 0.05) is 6.99 Å². The monoisotopic (exact) mass is 287 g/mol. The largest absolute Gasteiger partial charge is 0.486 e. The van der Waals surface area contributed by atoms with Gasteiger partial charge in [0.2, 0.25) is 17.4 Å². The lowest BCUT2D eigenvalue weighted by Crippen LogP contribution is -2.40. The molecule has 112 valence electrons. The first-order chi connectivity index (χ1) is 9.85. The van der Waals surface area contributed by atoms with E-state index in [1.54, 1.807) is 24.3 Å². The number of hydrogen-bond donors (Lipinski definition) is 1. The highest BCUT2D eigenvalue weighted by atomic mass is 16.5. The molecule has 0 aliphatic heterocycles. The summed E-state index contributed by atoms with van der Waals surface area (Å²) in [5.41, 5.74) is 3.23. The minimum atomic E-state index is -0.564. The maximum atomic E-state index is 12.0. The van der Waals surface area contributed by atoms with Gasteiger partial charge in [0.1, 0.15) is 0 Å². The molecular weight excluding hydrogens is 266 g/mol. The molecule has 0 spiro atoms. The van der Waals surface area contributed by atoms with E-state index >= 15 is 0 Å². The Balaban J connectivity index is 0.00000441. The lowest BCUT2D eigenvalue weighted by molar-refractivity contribution is -0.118. The molecule has 0 saturated heterocycles. The number of Topliss-reactive ketones (excluding diaryl/α,β-unsaturated/α-hetero) is 1. The van der Waals surface area contributed by atoms with E-state index in [1.165, 1.54) is 13.2 Å². The third kappa shape index (κ3) is 3.94. The van der Waals surface area contributed by atoms with Crippen LogP contribution in [0.1, 0.15) is 31.2 Å². The summed E-state index contributed by atoms with van der Waals surface area (Å²) in [5, 5.41) is 2.82. The highest BCUT2D eigenvalue weighted by Crippen LogP contribution is 2.21. The van der Waals surface area contributed by atoms with Gasteiger partial charge >= 0.3 is 0 Å². The standard InChI is InChI=1S/C17H19NO3.H2/c1-6-14(21-5)16(20)12-8-10-13(11-9-12)17(3,4)18-15(19)7-2;/h7-11H,1-2H2,3-5H3,(H,18,19);1H. The number of carbonyl (C=O) groups excluding carboxylic acids is 2. The lowest BCUT2D eigenvalue weighted by Gasteiger charge is -2.26. The molecule has 1 aromatic rings. The van der Waals surface area contributed by atoms with Crippen LogP contribution in [-0.4, -0.2) is 18.8 Å². The van der Waals surface area contributed by atoms with Crippen molar-refractivity contribution >= 4 is 11.7 Å². The molecule has 1 N–H and O–H groups in total. The van der Waals surface area contributed by atoms with Gasteiger partial charge < -0.3 is 10.1 Å². The molecule has 0 fully saturated rings. The van der Waals surface area contributed by atoms with Crippen molar-refractivity contribution in [1.29, 1.82) is 0 Å². The summed E-state index contributed by atoms with van der Waals surface area (Å²) >= 11 is 0. The summed E-state index contributed by atoms with van der Waals surface area (Å²) in [5.74, 6) is -0.467. The van der Waals surface area contributed by atoms with Crippen LogP contribution in [0.2, 0.25) is 0 Å². The van der Waals surface area contributed by atoms with Gasteiger partial charge in [0.15, 0.2) is 0 Å². The van der Waals surface area contributed by atoms with Gasteiger partial charge in [-0.3, -0.25) is 9.59 Å². The quantitative estimate of drug-likeness (QED) is 0.379. The number of ether oxygens (including phenoxy) is 1. The molecule has 0 aromatic heterocycles. The smallest absolute Gasteiger partial charge is 0.244 e. The molecule has 0 atom stereocenters. The van der Waals surface area contributed by atoms with E-state index in [2.05, 4.69) is 24.2 Å². The highest BCUT2D eigenvalue weighted by molar-refractivity contribution is 6.07. The zero-order chi connectivity index (χ0) is 16.0. The lowest BCUT2D eigenvalue weighted by atomic mass is 9.92. The van der Waals surface area contributed by atoms with Gasteiger partial charge in [-0.15, -0.1) is 0 Å². The Morgan fingerprint density at radius 3 is 2.33 bits per heavy atom. The first-order valence-corrected chi connectivity index (χ1v) is 6.39. The third-order valence-electron chi connectivity index (χ3n) is 3.06. The Bertz CT molecular complexity index is 611. The molecule has 0 aliphatic rings. The van der Waals surface area contributed by atoms with E-state index in [4.69, 9.17) is 4.74 Å². The number of allylic oxidation sites excluding steroid dienone is 1. The van der Waals surface area contributed by atoms with Crippen LogP contribution in [0, 0.1) is 0 Å². The summed E-state index contributed by atoms with van der Waals surface area (Å²) in [6, 6.07) is 6.92. The molecule has 0 radical (unpaired) electrons. The van der Waals surface area contributed by atoms with Crippen LogP contribution in [0.25, 0.3) is 0 Å². The zero-order valence-corrected chi connectivity index (χ0v) is 12.5. The Morgan fingerprint density at radius 1 is 1.33 bits per heavy atom. The maximum absolute atomic E-state index is 12.0. The van der Waals surface area contributed by atoms with Crippen molar-refractivity contribution in [2.45, 2.75) is 19.4 Å². The van der Waals surface area contributed by atoms with Gasteiger partial charge in [0.05, 0.1) is 12.6 Å². The second kappa shape index (κ2) is 6.73. The molecule has 21 heavy (non-hydrogen) atoms. The number of hydrogen-bond acceptors (Lipinski definition) is 3. The summed E-state index contributed by atoms with van der Waals surface area (Å²) in [7, 11) is 1.40. The third-order valence-corrected chi connectivity index (χ3v) is 3.06. The van der Waals surface area contributed by atoms with E-state index in [0.717, 1.165) is 5.56 Å². The van der Waals surface area contributed by atoms with Crippen LogP contribution in [0.3, 0.4) is 0 Å². The van der Waals surface area contributed by atoms with E-state index in [1.807, 2.05) is 13.8 Å². The van der Waals surface area contributed by atoms with Gasteiger partial charge in [-0.1, -0.05) is 43.2 Å². The van der Waals surface area contributed by atoms with Gasteiger partial charge in [0.25, 0.3) is 0 Å². The Morgan fingerprint density at radius 2 is 1.90 bits per heavy atom. The number of nitrogens with one attached hydrogen (secondary N) is 1. The molecular formula is C17H21NO3. The summed E-state index contributed by atoms with van der Waals surface area (Å²) in [6.07, 6.45) is 1.22. The van der Waals surface area contributed by atoms with Gasteiger partial charge in [-0.25, -0.2) is 0 Å². The zero-order valence-electron chi connectivity index (χ0n) is 12.5. The molecule has 1 rings (SSSR count). The second-order valence-corrected chi connectivity index (χ2v) is 4.93. The second-order valence-electron chi connectivity index (χ2n) is 4.93.